The van der Waals surface area contributed by atoms with Gasteiger partial charge in [-0.2, -0.15) is 0 Å². The van der Waals surface area contributed by atoms with Crippen LogP contribution in [0.5, 0.6) is 0 Å². The van der Waals surface area contributed by atoms with Crippen LogP contribution in [-0.4, -0.2) is 16.0 Å². The highest BCUT2D eigenvalue weighted by atomic mass is 16.2. The first-order valence-corrected chi connectivity index (χ1v) is 6.48. The molecule has 0 spiro atoms. The number of amides is 1. The van der Waals surface area contributed by atoms with Gasteiger partial charge in [0, 0.05) is 23.8 Å². The van der Waals surface area contributed by atoms with Gasteiger partial charge in [0.15, 0.2) is 0 Å². The average Bonchev–Trinajstić information content (AvgIpc) is 2.69. The van der Waals surface area contributed by atoms with E-state index in [0.29, 0.717) is 13.1 Å². The van der Waals surface area contributed by atoms with E-state index >= 15 is 0 Å². The molecule has 2 aromatic rings. The van der Waals surface area contributed by atoms with Crippen molar-refractivity contribution < 1.29 is 4.79 Å². The Morgan fingerprint density at radius 2 is 2.05 bits per heavy atom. The van der Waals surface area contributed by atoms with Gasteiger partial charge in [-0.1, -0.05) is 6.07 Å². The summed E-state index contributed by atoms with van der Waals surface area (Å²) in [5, 5.41) is 4.08. The summed E-state index contributed by atoms with van der Waals surface area (Å²) in [6.45, 7) is 6.80. The summed E-state index contributed by atoms with van der Waals surface area (Å²) in [5.74, 6) is 0.0212. The molecule has 0 saturated heterocycles. The maximum atomic E-state index is 11.9. The molecule has 1 heterocycles. The minimum absolute atomic E-state index is 0.0212. The highest BCUT2D eigenvalue weighted by molar-refractivity contribution is 5.84. The van der Waals surface area contributed by atoms with Gasteiger partial charge in [0.05, 0.1) is 0 Å². The second kappa shape index (κ2) is 5.05. The van der Waals surface area contributed by atoms with E-state index in [1.165, 1.54) is 0 Å². The zero-order chi connectivity index (χ0) is 14.0. The molecule has 0 unspecified atom stereocenters. The lowest BCUT2D eigenvalue weighted by Crippen LogP contribution is -2.42. The number of aromatic nitrogens is 1. The third-order valence-electron chi connectivity index (χ3n) is 2.90. The number of nitrogens with two attached hydrogens (primary N) is 1. The van der Waals surface area contributed by atoms with Gasteiger partial charge in [0.25, 0.3) is 0 Å². The fourth-order valence-corrected chi connectivity index (χ4v) is 2.13. The predicted molar refractivity (Wildman–Crippen MR) is 77.7 cm³/mol. The van der Waals surface area contributed by atoms with Crippen LogP contribution in [0, 0.1) is 0 Å². The summed E-state index contributed by atoms with van der Waals surface area (Å²) in [7, 11) is 0. The molecule has 4 heteroatoms. The molecule has 0 bridgehead atoms. The molecule has 4 nitrogen and oxygen atoms in total. The molecule has 1 amide bonds. The second-order valence-corrected chi connectivity index (χ2v) is 5.84. The fourth-order valence-electron chi connectivity index (χ4n) is 2.13. The van der Waals surface area contributed by atoms with E-state index in [4.69, 9.17) is 5.73 Å². The van der Waals surface area contributed by atoms with E-state index in [-0.39, 0.29) is 11.4 Å². The zero-order valence-corrected chi connectivity index (χ0v) is 11.7. The van der Waals surface area contributed by atoms with Crippen LogP contribution in [0.15, 0.2) is 30.5 Å². The van der Waals surface area contributed by atoms with Crippen molar-refractivity contribution in [2.75, 3.05) is 0 Å². The molecule has 0 radical (unpaired) electrons. The zero-order valence-electron chi connectivity index (χ0n) is 11.7. The van der Waals surface area contributed by atoms with Crippen molar-refractivity contribution in [2.24, 2.45) is 5.73 Å². The first-order chi connectivity index (χ1) is 8.89. The van der Waals surface area contributed by atoms with Gasteiger partial charge in [-0.25, -0.2) is 0 Å². The minimum Gasteiger partial charge on any atom is -0.350 e. The summed E-state index contributed by atoms with van der Waals surface area (Å²) in [5.41, 5.74) is 7.58. The number of carbonyl (C=O) groups is 1. The molecule has 0 saturated carbocycles. The second-order valence-electron chi connectivity index (χ2n) is 5.84. The van der Waals surface area contributed by atoms with Crippen molar-refractivity contribution >= 4 is 16.8 Å². The Labute approximate surface area is 113 Å². The number of benzene rings is 1. The third-order valence-corrected chi connectivity index (χ3v) is 2.90. The molecule has 102 valence electrons. The molecule has 19 heavy (non-hydrogen) atoms. The summed E-state index contributed by atoms with van der Waals surface area (Å²) < 4.78 is 1.96. The van der Waals surface area contributed by atoms with Gasteiger partial charge in [0.2, 0.25) is 5.91 Å². The summed E-state index contributed by atoms with van der Waals surface area (Å²) in [4.78, 5) is 11.9. The Morgan fingerprint density at radius 1 is 1.32 bits per heavy atom. The van der Waals surface area contributed by atoms with Crippen LogP contribution in [-0.2, 0) is 17.9 Å². The maximum Gasteiger partial charge on any atom is 0.240 e. The number of nitrogens with one attached hydrogen (secondary N) is 1. The van der Waals surface area contributed by atoms with E-state index in [9.17, 15) is 4.79 Å². The Bertz CT molecular complexity index is 593. The number of nitrogens with zero attached hydrogens (tertiary/aromatic N) is 1. The van der Waals surface area contributed by atoms with Gasteiger partial charge in [-0.15, -0.1) is 0 Å². The number of carbonyl (C=O) groups excluding carboxylic acids is 1. The van der Waals surface area contributed by atoms with E-state index in [1.807, 2.05) is 49.7 Å². The normalized spacial score (nSPS) is 11.8. The Balaban J connectivity index is 2.20. The molecular weight excluding hydrogens is 238 g/mol. The quantitative estimate of drug-likeness (QED) is 0.886. The summed E-state index contributed by atoms with van der Waals surface area (Å²) in [6.07, 6.45) is 1.94. The van der Waals surface area contributed by atoms with Gasteiger partial charge in [-0.05, 0) is 49.9 Å². The van der Waals surface area contributed by atoms with Crippen LogP contribution in [0.1, 0.15) is 26.3 Å². The Morgan fingerprint density at radius 3 is 2.68 bits per heavy atom. The van der Waals surface area contributed by atoms with Crippen molar-refractivity contribution in [1.82, 2.24) is 9.88 Å². The van der Waals surface area contributed by atoms with Gasteiger partial charge in [-0.3, -0.25) is 4.79 Å². The Kier molecular flexibility index (Phi) is 3.62. The first-order valence-electron chi connectivity index (χ1n) is 6.48. The predicted octanol–water partition coefficient (Wildman–Crippen LogP) is 2.01. The molecule has 0 aliphatic heterocycles. The minimum atomic E-state index is -0.202. The van der Waals surface area contributed by atoms with Crippen molar-refractivity contribution in [3.05, 3.63) is 36.0 Å². The molecule has 3 N–H and O–H groups in total. The molecule has 0 atom stereocenters. The molecule has 2 rings (SSSR count). The maximum absolute atomic E-state index is 11.9. The average molecular weight is 259 g/mol. The molecule has 0 aliphatic carbocycles. The highest BCUT2D eigenvalue weighted by Crippen LogP contribution is 2.17. The standard InChI is InChI=1S/C15H21N3O/c1-15(2,3)17-14(19)10-18-7-6-12-8-11(9-16)4-5-13(12)18/h4-8H,9-10,16H2,1-3H3,(H,17,19). The van der Waals surface area contributed by atoms with Crippen LogP contribution in [0.25, 0.3) is 10.9 Å². The Hall–Kier alpha value is -1.81. The molecule has 0 fully saturated rings. The van der Waals surface area contributed by atoms with Crippen molar-refractivity contribution in [2.45, 2.75) is 39.4 Å². The molecule has 0 aliphatic rings. The third kappa shape index (κ3) is 3.35. The first kappa shape index (κ1) is 13.6. The fraction of sp³-hybridized carbons (Fsp3) is 0.400. The lowest BCUT2D eigenvalue weighted by atomic mass is 10.1. The van der Waals surface area contributed by atoms with Crippen LogP contribution >= 0.6 is 0 Å². The number of hydrogen-bond donors (Lipinski definition) is 2. The molecular formula is C15H21N3O. The topological polar surface area (TPSA) is 60.0 Å². The number of hydrogen-bond acceptors (Lipinski definition) is 2. The largest absolute Gasteiger partial charge is 0.350 e. The van der Waals surface area contributed by atoms with Crippen molar-refractivity contribution in [1.29, 1.82) is 0 Å². The van der Waals surface area contributed by atoms with E-state index < -0.39 is 0 Å². The van der Waals surface area contributed by atoms with Gasteiger partial charge in [0.1, 0.15) is 6.54 Å². The number of rotatable bonds is 3. The van der Waals surface area contributed by atoms with Crippen molar-refractivity contribution in [3.63, 3.8) is 0 Å². The van der Waals surface area contributed by atoms with Gasteiger partial charge >= 0.3 is 0 Å². The van der Waals surface area contributed by atoms with Crippen LogP contribution in [0.3, 0.4) is 0 Å². The van der Waals surface area contributed by atoms with Crippen LogP contribution in [0.2, 0.25) is 0 Å². The lowest BCUT2D eigenvalue weighted by molar-refractivity contribution is -0.123. The van der Waals surface area contributed by atoms with Crippen LogP contribution in [0.4, 0.5) is 0 Å². The number of fused-ring (bicyclic) bond motifs is 1. The smallest absolute Gasteiger partial charge is 0.240 e. The highest BCUT2D eigenvalue weighted by Gasteiger charge is 2.14. The van der Waals surface area contributed by atoms with E-state index in [1.54, 1.807) is 0 Å². The lowest BCUT2D eigenvalue weighted by Gasteiger charge is -2.20. The summed E-state index contributed by atoms with van der Waals surface area (Å²) >= 11 is 0. The van der Waals surface area contributed by atoms with Crippen molar-refractivity contribution in [3.8, 4) is 0 Å². The summed E-state index contributed by atoms with van der Waals surface area (Å²) in [6, 6.07) is 8.09. The molecule has 1 aromatic carbocycles. The van der Waals surface area contributed by atoms with E-state index in [0.717, 1.165) is 16.5 Å². The van der Waals surface area contributed by atoms with Crippen LogP contribution < -0.4 is 11.1 Å². The van der Waals surface area contributed by atoms with Gasteiger partial charge < -0.3 is 15.6 Å². The SMILES string of the molecule is CC(C)(C)NC(=O)Cn1ccc2cc(CN)ccc21. The molecule has 1 aromatic heterocycles. The van der Waals surface area contributed by atoms with E-state index in [2.05, 4.69) is 11.4 Å². The monoisotopic (exact) mass is 259 g/mol.